The van der Waals surface area contributed by atoms with Crippen molar-refractivity contribution in [2.45, 2.75) is 20.3 Å². The molecular formula is C19H21N3O. The summed E-state index contributed by atoms with van der Waals surface area (Å²) in [6.07, 6.45) is 4.97. The van der Waals surface area contributed by atoms with Crippen LogP contribution in [0.4, 0.5) is 5.88 Å². The molecule has 2 heterocycles. The minimum atomic E-state index is 0.374. The molecule has 1 aliphatic rings. The van der Waals surface area contributed by atoms with Crippen LogP contribution in [0.5, 0.6) is 0 Å². The van der Waals surface area contributed by atoms with E-state index in [1.165, 1.54) is 6.42 Å². The maximum atomic E-state index is 9.36. The van der Waals surface area contributed by atoms with Gasteiger partial charge in [-0.05, 0) is 29.9 Å². The monoisotopic (exact) mass is 307 g/mol. The number of nitriles is 1. The van der Waals surface area contributed by atoms with E-state index in [1.807, 2.05) is 42.5 Å². The van der Waals surface area contributed by atoms with Crippen LogP contribution in [0.15, 0.2) is 34.7 Å². The second-order valence-electron chi connectivity index (χ2n) is 6.41. The van der Waals surface area contributed by atoms with Crippen LogP contribution in [-0.4, -0.2) is 18.1 Å². The van der Waals surface area contributed by atoms with Crippen LogP contribution in [-0.2, 0) is 0 Å². The van der Waals surface area contributed by atoms with Crippen molar-refractivity contribution in [3.63, 3.8) is 0 Å². The summed E-state index contributed by atoms with van der Waals surface area (Å²) in [5, 5.41) is 9.36. The summed E-state index contributed by atoms with van der Waals surface area (Å²) in [7, 11) is 0. The lowest BCUT2D eigenvalue weighted by Crippen LogP contribution is -2.38. The maximum absolute atomic E-state index is 9.36. The number of nitrogens with zero attached hydrogens (tertiary/aromatic N) is 3. The minimum Gasteiger partial charge on any atom is -0.420 e. The van der Waals surface area contributed by atoms with Gasteiger partial charge < -0.3 is 9.32 Å². The van der Waals surface area contributed by atoms with E-state index in [4.69, 9.17) is 4.42 Å². The fourth-order valence-electron chi connectivity index (χ4n) is 3.25. The number of hydrogen-bond donors (Lipinski definition) is 0. The van der Waals surface area contributed by atoms with Crippen molar-refractivity contribution < 1.29 is 4.42 Å². The summed E-state index contributed by atoms with van der Waals surface area (Å²) in [6.45, 7) is 6.30. The lowest BCUT2D eigenvalue weighted by atomic mass is 9.92. The first-order chi connectivity index (χ1) is 11.2. The molecule has 118 valence electrons. The van der Waals surface area contributed by atoms with Gasteiger partial charge in [-0.2, -0.15) is 10.2 Å². The molecular weight excluding hydrogens is 286 g/mol. The largest absolute Gasteiger partial charge is 0.420 e. The summed E-state index contributed by atoms with van der Waals surface area (Å²) in [5.74, 6) is 2.28. The maximum Gasteiger partial charge on any atom is 0.235 e. The van der Waals surface area contributed by atoms with E-state index < -0.39 is 0 Å². The van der Waals surface area contributed by atoms with Gasteiger partial charge in [-0.3, -0.25) is 0 Å². The predicted molar refractivity (Wildman–Crippen MR) is 91.7 cm³/mol. The number of anilines is 1. The van der Waals surface area contributed by atoms with Crippen LogP contribution >= 0.6 is 0 Å². The molecule has 0 saturated carbocycles. The van der Waals surface area contributed by atoms with Gasteiger partial charge in [0.25, 0.3) is 0 Å². The van der Waals surface area contributed by atoms with Gasteiger partial charge in [-0.25, -0.2) is 0 Å². The topological polar surface area (TPSA) is 53.1 Å². The number of aromatic nitrogens is 1. The molecule has 0 amide bonds. The lowest BCUT2D eigenvalue weighted by Gasteiger charge is -2.34. The Kier molecular flexibility index (Phi) is 4.47. The third-order valence-electron chi connectivity index (χ3n) is 4.11. The molecule has 1 aromatic heterocycles. The molecule has 0 spiro atoms. The Labute approximate surface area is 137 Å². The number of oxazole rings is 1. The zero-order chi connectivity index (χ0) is 16.2. The van der Waals surface area contributed by atoms with Gasteiger partial charge in [0, 0.05) is 19.2 Å². The molecule has 4 nitrogen and oxygen atoms in total. The summed E-state index contributed by atoms with van der Waals surface area (Å²) < 4.78 is 5.87. The second-order valence-corrected chi connectivity index (χ2v) is 6.41. The van der Waals surface area contributed by atoms with E-state index in [1.54, 1.807) is 0 Å². The highest BCUT2D eigenvalue weighted by Gasteiger charge is 2.27. The Morgan fingerprint density at radius 3 is 2.52 bits per heavy atom. The highest BCUT2D eigenvalue weighted by Crippen LogP contribution is 2.29. The van der Waals surface area contributed by atoms with Gasteiger partial charge in [0.2, 0.25) is 17.5 Å². The average Bonchev–Trinajstić information content (AvgIpc) is 2.96. The zero-order valence-electron chi connectivity index (χ0n) is 13.6. The summed E-state index contributed by atoms with van der Waals surface area (Å²) in [4.78, 5) is 6.47. The SMILES string of the molecule is C[C@@H]1C[C@H](C)CN(c2oc(/C=C/c3ccccc3)nc2C#N)C1. The molecule has 0 unspecified atom stereocenters. The van der Waals surface area contributed by atoms with Crippen molar-refractivity contribution in [3.05, 3.63) is 47.5 Å². The summed E-state index contributed by atoms with van der Waals surface area (Å²) in [5.41, 5.74) is 1.45. The van der Waals surface area contributed by atoms with Gasteiger partial charge in [0.15, 0.2) is 0 Å². The van der Waals surface area contributed by atoms with E-state index in [2.05, 4.69) is 29.8 Å². The first kappa shape index (κ1) is 15.4. The van der Waals surface area contributed by atoms with Crippen LogP contribution < -0.4 is 4.90 Å². The molecule has 2 aromatic rings. The Bertz CT molecular complexity index is 717. The van der Waals surface area contributed by atoms with Crippen LogP contribution in [0.25, 0.3) is 12.2 Å². The molecule has 1 saturated heterocycles. The smallest absolute Gasteiger partial charge is 0.235 e. The van der Waals surface area contributed by atoms with Crippen molar-refractivity contribution in [2.24, 2.45) is 11.8 Å². The third kappa shape index (κ3) is 3.62. The Balaban J connectivity index is 1.83. The zero-order valence-corrected chi connectivity index (χ0v) is 13.6. The van der Waals surface area contributed by atoms with Crippen LogP contribution in [0.2, 0.25) is 0 Å². The van der Waals surface area contributed by atoms with E-state index >= 15 is 0 Å². The fourth-order valence-corrected chi connectivity index (χ4v) is 3.25. The van der Waals surface area contributed by atoms with E-state index in [-0.39, 0.29) is 0 Å². The predicted octanol–water partition coefficient (Wildman–Crippen LogP) is 4.20. The van der Waals surface area contributed by atoms with Crippen molar-refractivity contribution in [3.8, 4) is 6.07 Å². The first-order valence-electron chi connectivity index (χ1n) is 8.04. The average molecular weight is 307 g/mol. The molecule has 0 N–H and O–H groups in total. The number of benzene rings is 1. The van der Waals surface area contributed by atoms with E-state index in [0.29, 0.717) is 29.3 Å². The molecule has 3 rings (SSSR count). The summed E-state index contributed by atoms with van der Waals surface area (Å²) >= 11 is 0. The molecule has 0 bridgehead atoms. The van der Waals surface area contributed by atoms with Crippen LogP contribution in [0.1, 0.15) is 37.4 Å². The van der Waals surface area contributed by atoms with Crippen molar-refractivity contribution in [1.29, 1.82) is 5.26 Å². The van der Waals surface area contributed by atoms with Crippen LogP contribution in [0, 0.1) is 23.2 Å². The van der Waals surface area contributed by atoms with E-state index in [9.17, 15) is 5.26 Å². The number of hydrogen-bond acceptors (Lipinski definition) is 4. The highest BCUT2D eigenvalue weighted by atomic mass is 16.4. The quantitative estimate of drug-likeness (QED) is 0.853. The summed E-state index contributed by atoms with van der Waals surface area (Å²) in [6, 6.07) is 12.1. The van der Waals surface area contributed by atoms with Crippen molar-refractivity contribution in [2.75, 3.05) is 18.0 Å². The molecule has 0 aliphatic carbocycles. The molecule has 2 atom stereocenters. The normalized spacial score (nSPS) is 21.5. The van der Waals surface area contributed by atoms with Gasteiger partial charge in [-0.1, -0.05) is 44.2 Å². The van der Waals surface area contributed by atoms with E-state index in [0.717, 1.165) is 18.7 Å². The first-order valence-corrected chi connectivity index (χ1v) is 8.04. The van der Waals surface area contributed by atoms with Crippen LogP contribution in [0.3, 0.4) is 0 Å². The Morgan fingerprint density at radius 1 is 1.17 bits per heavy atom. The molecule has 1 fully saturated rings. The van der Waals surface area contributed by atoms with Gasteiger partial charge in [0.05, 0.1) is 0 Å². The third-order valence-corrected chi connectivity index (χ3v) is 4.11. The van der Waals surface area contributed by atoms with Gasteiger partial charge >= 0.3 is 0 Å². The molecule has 0 radical (unpaired) electrons. The number of piperidine rings is 1. The molecule has 1 aliphatic heterocycles. The van der Waals surface area contributed by atoms with Gasteiger partial charge in [-0.15, -0.1) is 0 Å². The minimum absolute atomic E-state index is 0.374. The second kappa shape index (κ2) is 6.70. The fraction of sp³-hybridized carbons (Fsp3) is 0.368. The lowest BCUT2D eigenvalue weighted by molar-refractivity contribution is 0.342. The standard InChI is InChI=1S/C19H21N3O/c1-14-10-15(2)13-22(12-14)19-17(11-20)21-18(23-19)9-8-16-6-4-3-5-7-16/h3-9,14-15H,10,12-13H2,1-2H3/b9-8+/t14-,15+. The highest BCUT2D eigenvalue weighted by molar-refractivity contribution is 5.67. The Hall–Kier alpha value is -2.54. The van der Waals surface area contributed by atoms with Gasteiger partial charge in [0.1, 0.15) is 6.07 Å². The molecule has 4 heteroatoms. The Morgan fingerprint density at radius 2 is 1.87 bits per heavy atom. The molecule has 23 heavy (non-hydrogen) atoms. The number of rotatable bonds is 3. The van der Waals surface area contributed by atoms with Crippen molar-refractivity contribution >= 4 is 18.0 Å². The van der Waals surface area contributed by atoms with Crippen molar-refractivity contribution in [1.82, 2.24) is 4.98 Å². The molecule has 1 aromatic carbocycles.